The van der Waals surface area contributed by atoms with E-state index in [0.717, 1.165) is 57.9 Å². The molecule has 260 valence electrons. The van der Waals surface area contributed by atoms with Crippen LogP contribution in [0.15, 0.2) is 200 Å². The molecule has 7 aromatic rings. The molecule has 5 aromatic carbocycles. The molecule has 1 aliphatic carbocycles. The van der Waals surface area contributed by atoms with Gasteiger partial charge >= 0.3 is 0 Å². The van der Waals surface area contributed by atoms with Gasteiger partial charge in [0.2, 0.25) is 0 Å². The molecule has 3 nitrogen and oxygen atoms in total. The third kappa shape index (κ3) is 6.14. The smallest absolute Gasteiger partial charge is 0.0730 e. The topological polar surface area (TPSA) is 21.1 Å². The van der Waals surface area contributed by atoms with Crippen molar-refractivity contribution in [2.75, 3.05) is 4.90 Å². The van der Waals surface area contributed by atoms with Gasteiger partial charge < -0.3 is 9.47 Å². The Kier molecular flexibility index (Phi) is 8.82. The summed E-state index contributed by atoms with van der Waals surface area (Å²) in [7, 11) is 0. The molecule has 2 aromatic heterocycles. The molecule has 0 bridgehead atoms. The van der Waals surface area contributed by atoms with Crippen LogP contribution in [0.3, 0.4) is 0 Å². The number of anilines is 1. The molecule has 9 rings (SSSR count). The first-order valence-electron chi connectivity index (χ1n) is 18.8. The maximum Gasteiger partial charge on any atom is 0.0730 e. The Bertz CT molecular complexity index is 2630. The van der Waals surface area contributed by atoms with E-state index in [1.54, 1.807) is 0 Å². The summed E-state index contributed by atoms with van der Waals surface area (Å²) < 4.78 is 2.47. The van der Waals surface area contributed by atoms with Crippen LogP contribution in [0.4, 0.5) is 5.69 Å². The lowest BCUT2D eigenvalue weighted by Crippen LogP contribution is -2.25. The van der Waals surface area contributed by atoms with Gasteiger partial charge in [-0.05, 0) is 60.4 Å². The number of aromatic nitrogens is 2. The highest BCUT2D eigenvalue weighted by molar-refractivity contribution is 6.12. The zero-order valence-corrected chi connectivity index (χ0v) is 30.4. The maximum absolute atomic E-state index is 5.24. The molecule has 1 aliphatic heterocycles. The van der Waals surface area contributed by atoms with Crippen molar-refractivity contribution in [3.8, 4) is 28.2 Å². The van der Waals surface area contributed by atoms with Gasteiger partial charge in [-0.3, -0.25) is 0 Å². The Morgan fingerprint density at radius 3 is 2.09 bits per heavy atom. The van der Waals surface area contributed by atoms with E-state index in [1.165, 1.54) is 38.7 Å². The van der Waals surface area contributed by atoms with E-state index in [4.69, 9.17) is 11.6 Å². The van der Waals surface area contributed by atoms with Crippen molar-refractivity contribution in [1.82, 2.24) is 9.55 Å². The first kappa shape index (κ1) is 33.1. The van der Waals surface area contributed by atoms with Crippen LogP contribution in [0, 0.1) is 5.92 Å². The van der Waals surface area contributed by atoms with Crippen molar-refractivity contribution in [1.29, 1.82) is 0 Å². The Balaban J connectivity index is 1.35. The predicted octanol–water partition coefficient (Wildman–Crippen LogP) is 12.8. The van der Waals surface area contributed by atoms with Crippen LogP contribution in [0.1, 0.15) is 23.6 Å². The number of rotatable bonds is 4. The molecular formula is C51H41N3. The number of allylic oxidation sites excluding steroid dienone is 8. The highest BCUT2D eigenvalue weighted by atomic mass is 15.2. The first-order valence-corrected chi connectivity index (χ1v) is 18.8. The Hall–Kier alpha value is -6.71. The van der Waals surface area contributed by atoms with Crippen LogP contribution >= 0.6 is 0 Å². The number of para-hydroxylation sites is 1. The summed E-state index contributed by atoms with van der Waals surface area (Å²) in [6.45, 7) is 6.99. The van der Waals surface area contributed by atoms with Gasteiger partial charge in [-0.1, -0.05) is 165 Å². The van der Waals surface area contributed by atoms with Gasteiger partial charge in [0.25, 0.3) is 0 Å². The number of fused-ring (bicyclic) bond motifs is 6. The predicted molar refractivity (Wildman–Crippen MR) is 229 cm³/mol. The number of hydrogen-bond donors (Lipinski definition) is 0. The molecule has 1 unspecified atom stereocenters. The third-order valence-corrected chi connectivity index (χ3v) is 10.6. The molecular weight excluding hydrogens is 655 g/mol. The summed E-state index contributed by atoms with van der Waals surface area (Å²) in [6, 6.07) is 47.7. The Morgan fingerprint density at radius 1 is 0.648 bits per heavy atom. The SMILES string of the molecule is C=C1/C=C\C=C/Cc2c(ccc3c4ccccc4n(-c4cc(-c5ccccc5)nc(-c5ccccc5)c4)c23)N1/C1=C/c2ccccc2C/C=C\C=C/C1C. The summed E-state index contributed by atoms with van der Waals surface area (Å²) in [4.78, 5) is 7.64. The zero-order chi connectivity index (χ0) is 36.4. The van der Waals surface area contributed by atoms with Crippen LogP contribution in [0.2, 0.25) is 0 Å². The van der Waals surface area contributed by atoms with E-state index in [2.05, 4.69) is 205 Å². The van der Waals surface area contributed by atoms with Gasteiger partial charge in [-0.15, -0.1) is 0 Å². The lowest BCUT2D eigenvalue weighted by atomic mass is 9.95. The summed E-state index contributed by atoms with van der Waals surface area (Å²) in [5.41, 5.74) is 14.5. The zero-order valence-electron chi connectivity index (χ0n) is 30.4. The normalized spacial score (nSPS) is 19.1. The van der Waals surface area contributed by atoms with Crippen molar-refractivity contribution in [3.05, 3.63) is 217 Å². The fraction of sp³-hybridized carbons (Fsp3) is 0.0784. The highest BCUT2D eigenvalue weighted by Gasteiger charge is 2.26. The van der Waals surface area contributed by atoms with Crippen molar-refractivity contribution in [3.63, 3.8) is 0 Å². The molecule has 0 amide bonds. The molecule has 2 aliphatic rings. The molecule has 0 radical (unpaired) electrons. The lowest BCUT2D eigenvalue weighted by Gasteiger charge is -2.33. The van der Waals surface area contributed by atoms with Crippen LogP contribution in [0.5, 0.6) is 0 Å². The van der Waals surface area contributed by atoms with E-state index in [9.17, 15) is 0 Å². The minimum absolute atomic E-state index is 0.108. The maximum atomic E-state index is 5.24. The second-order valence-corrected chi connectivity index (χ2v) is 14.0. The molecule has 0 fully saturated rings. The monoisotopic (exact) mass is 695 g/mol. The fourth-order valence-electron chi connectivity index (χ4n) is 7.94. The van der Waals surface area contributed by atoms with Crippen LogP contribution in [0.25, 0.3) is 56.1 Å². The Morgan fingerprint density at radius 2 is 1.31 bits per heavy atom. The molecule has 0 spiro atoms. The number of pyridine rings is 1. The average Bonchev–Trinajstić information content (AvgIpc) is 3.59. The summed E-state index contributed by atoms with van der Waals surface area (Å²) in [5.74, 6) is 0.108. The van der Waals surface area contributed by atoms with Crippen LogP contribution in [-0.4, -0.2) is 9.55 Å². The highest BCUT2D eigenvalue weighted by Crippen LogP contribution is 2.43. The molecule has 3 heteroatoms. The van der Waals surface area contributed by atoms with Gasteiger partial charge in [0.05, 0.1) is 33.8 Å². The average molecular weight is 696 g/mol. The lowest BCUT2D eigenvalue weighted by molar-refractivity contribution is 0.823. The Labute approximate surface area is 317 Å². The molecule has 1 atom stereocenters. The van der Waals surface area contributed by atoms with Crippen LogP contribution < -0.4 is 4.90 Å². The van der Waals surface area contributed by atoms with Gasteiger partial charge in [-0.2, -0.15) is 0 Å². The number of hydrogen-bond acceptors (Lipinski definition) is 2. The standard InChI is InChI=1S/C51H41N3/c1-36-19-7-3-9-21-38-22-15-16-27-41(38)33-50(36)53-37(2)20-8-4-14-29-45-49(53)32-31-44-43-28-17-18-30-48(43)54(51(44)45)42-34-46(39-23-10-5-11-24-39)52-47(35-42)40-25-12-6-13-26-40/h3-20,22-28,30-36H,2,21,29H2,1H3/b9-3-,14-4-,19-7-,20-8-,50-33+. The molecule has 3 heterocycles. The van der Waals surface area contributed by atoms with Gasteiger partial charge in [0.15, 0.2) is 0 Å². The summed E-state index contributed by atoms with van der Waals surface area (Å²) in [5, 5.41) is 2.44. The van der Waals surface area contributed by atoms with E-state index >= 15 is 0 Å². The fourth-order valence-corrected chi connectivity index (χ4v) is 7.94. The quantitative estimate of drug-likeness (QED) is 0.183. The van der Waals surface area contributed by atoms with Crippen molar-refractivity contribution in [2.24, 2.45) is 5.92 Å². The third-order valence-electron chi connectivity index (χ3n) is 10.6. The minimum Gasteiger partial charge on any atom is -0.314 e. The number of benzene rings is 5. The molecule has 0 saturated heterocycles. The molecule has 54 heavy (non-hydrogen) atoms. The van der Waals surface area contributed by atoms with Crippen molar-refractivity contribution < 1.29 is 0 Å². The second kappa shape index (κ2) is 14.4. The molecule has 0 saturated carbocycles. The van der Waals surface area contributed by atoms with Crippen LogP contribution in [-0.2, 0) is 12.8 Å². The van der Waals surface area contributed by atoms with E-state index < -0.39 is 0 Å². The largest absolute Gasteiger partial charge is 0.314 e. The number of nitrogens with zero attached hydrogens (tertiary/aromatic N) is 3. The van der Waals surface area contributed by atoms with Crippen molar-refractivity contribution in [2.45, 2.75) is 19.8 Å². The van der Waals surface area contributed by atoms with E-state index in [0.29, 0.717) is 0 Å². The summed E-state index contributed by atoms with van der Waals surface area (Å²) >= 11 is 0. The second-order valence-electron chi connectivity index (χ2n) is 14.0. The van der Waals surface area contributed by atoms with Crippen molar-refractivity contribution >= 4 is 33.6 Å². The molecule has 0 N–H and O–H groups in total. The van der Waals surface area contributed by atoms with Gasteiger partial charge in [0, 0.05) is 44.8 Å². The summed E-state index contributed by atoms with van der Waals surface area (Å²) in [6.07, 6.45) is 21.6. The minimum atomic E-state index is 0.108. The first-order chi connectivity index (χ1) is 26.6. The van der Waals surface area contributed by atoms with E-state index in [-0.39, 0.29) is 5.92 Å². The van der Waals surface area contributed by atoms with Gasteiger partial charge in [-0.25, -0.2) is 4.98 Å². The van der Waals surface area contributed by atoms with E-state index in [1.807, 2.05) is 0 Å². The van der Waals surface area contributed by atoms with Gasteiger partial charge in [0.1, 0.15) is 0 Å².